The summed E-state index contributed by atoms with van der Waals surface area (Å²) in [6.07, 6.45) is 0. The average molecular weight is 296 g/mol. The van der Waals surface area contributed by atoms with E-state index in [1.165, 1.54) is 17.9 Å². The lowest BCUT2D eigenvalue weighted by atomic mass is 10.3. The number of nitrogen functional groups attached to an aromatic ring is 1. The van der Waals surface area contributed by atoms with E-state index < -0.39 is 5.97 Å². The number of hydrogen-bond acceptors (Lipinski definition) is 4. The Morgan fingerprint density at radius 1 is 1.41 bits per heavy atom. The van der Waals surface area contributed by atoms with Crippen molar-refractivity contribution in [2.75, 3.05) is 12.8 Å². The third kappa shape index (κ3) is 2.31. The number of anilines is 1. The summed E-state index contributed by atoms with van der Waals surface area (Å²) in [7, 11) is 1.30. The fourth-order valence-electron chi connectivity index (χ4n) is 1.39. The zero-order valence-corrected chi connectivity index (χ0v) is 10.6. The van der Waals surface area contributed by atoms with Gasteiger partial charge in [-0.25, -0.2) is 9.48 Å². The summed E-state index contributed by atoms with van der Waals surface area (Å²) >= 11 is 3.34. The molecule has 2 rings (SSSR count). The molecule has 1 aromatic carbocycles. The molecule has 0 aliphatic heterocycles. The SMILES string of the molecule is COC(=O)c1cc(N)n(-c2ccc(Br)cc2)n1. The molecule has 5 nitrogen and oxygen atoms in total. The van der Waals surface area contributed by atoms with E-state index in [2.05, 4.69) is 25.8 Å². The van der Waals surface area contributed by atoms with Crippen LogP contribution in [-0.4, -0.2) is 22.9 Å². The Morgan fingerprint density at radius 2 is 2.06 bits per heavy atom. The van der Waals surface area contributed by atoms with E-state index >= 15 is 0 Å². The molecule has 0 fully saturated rings. The Hall–Kier alpha value is -1.82. The van der Waals surface area contributed by atoms with Gasteiger partial charge in [-0.05, 0) is 24.3 Å². The second-order valence-corrected chi connectivity index (χ2v) is 4.25. The predicted molar refractivity (Wildman–Crippen MR) is 67.0 cm³/mol. The van der Waals surface area contributed by atoms with Crippen LogP contribution in [0.3, 0.4) is 0 Å². The number of hydrogen-bond donors (Lipinski definition) is 1. The van der Waals surface area contributed by atoms with Gasteiger partial charge >= 0.3 is 5.97 Å². The fraction of sp³-hybridized carbons (Fsp3) is 0.0909. The van der Waals surface area contributed by atoms with Crippen LogP contribution in [0.4, 0.5) is 5.82 Å². The van der Waals surface area contributed by atoms with Crippen molar-refractivity contribution in [2.24, 2.45) is 0 Å². The smallest absolute Gasteiger partial charge is 0.358 e. The molecule has 0 atom stereocenters. The van der Waals surface area contributed by atoms with E-state index in [1.54, 1.807) is 0 Å². The minimum atomic E-state index is -0.507. The van der Waals surface area contributed by atoms with Crippen molar-refractivity contribution in [2.45, 2.75) is 0 Å². The first-order chi connectivity index (χ1) is 8.11. The largest absolute Gasteiger partial charge is 0.464 e. The molecule has 2 aromatic rings. The van der Waals surface area contributed by atoms with Crippen LogP contribution < -0.4 is 5.73 Å². The van der Waals surface area contributed by atoms with Crippen LogP contribution in [0.1, 0.15) is 10.5 Å². The van der Waals surface area contributed by atoms with Crippen molar-refractivity contribution < 1.29 is 9.53 Å². The molecule has 0 aliphatic carbocycles. The second kappa shape index (κ2) is 4.58. The number of ether oxygens (including phenoxy) is 1. The summed E-state index contributed by atoms with van der Waals surface area (Å²) in [6, 6.07) is 8.90. The van der Waals surface area contributed by atoms with Crippen molar-refractivity contribution >= 4 is 27.7 Å². The van der Waals surface area contributed by atoms with E-state index in [9.17, 15) is 4.79 Å². The first-order valence-corrected chi connectivity index (χ1v) is 5.61. The van der Waals surface area contributed by atoms with E-state index in [0.29, 0.717) is 5.82 Å². The summed E-state index contributed by atoms with van der Waals surface area (Å²) in [4.78, 5) is 11.3. The quantitative estimate of drug-likeness (QED) is 0.861. The average Bonchev–Trinajstić information content (AvgIpc) is 2.71. The molecule has 1 heterocycles. The molecule has 17 heavy (non-hydrogen) atoms. The van der Waals surface area contributed by atoms with Crippen LogP contribution >= 0.6 is 15.9 Å². The van der Waals surface area contributed by atoms with Crippen molar-refractivity contribution in [3.63, 3.8) is 0 Å². The second-order valence-electron chi connectivity index (χ2n) is 3.33. The zero-order valence-electron chi connectivity index (χ0n) is 9.05. The predicted octanol–water partition coefficient (Wildman–Crippen LogP) is 2.00. The zero-order chi connectivity index (χ0) is 12.4. The molecule has 0 unspecified atom stereocenters. The summed E-state index contributed by atoms with van der Waals surface area (Å²) in [5.41, 5.74) is 6.75. The van der Waals surface area contributed by atoms with Gasteiger partial charge in [-0.1, -0.05) is 15.9 Å². The number of methoxy groups -OCH3 is 1. The molecule has 2 N–H and O–H groups in total. The standard InChI is InChI=1S/C11H10BrN3O2/c1-17-11(16)9-6-10(13)15(14-9)8-4-2-7(12)3-5-8/h2-6H,13H2,1H3. The van der Waals surface area contributed by atoms with E-state index in [-0.39, 0.29) is 5.69 Å². The lowest BCUT2D eigenvalue weighted by molar-refractivity contribution is 0.0593. The number of carbonyl (C=O) groups is 1. The molecule has 0 spiro atoms. The Bertz CT molecular complexity index is 548. The molecular formula is C11H10BrN3O2. The highest BCUT2D eigenvalue weighted by atomic mass is 79.9. The topological polar surface area (TPSA) is 70.1 Å². The third-order valence-electron chi connectivity index (χ3n) is 2.20. The van der Waals surface area contributed by atoms with Crippen molar-refractivity contribution in [1.82, 2.24) is 9.78 Å². The third-order valence-corrected chi connectivity index (χ3v) is 2.73. The normalized spacial score (nSPS) is 10.2. The number of nitrogens with zero attached hydrogens (tertiary/aromatic N) is 2. The molecule has 0 aliphatic rings. The summed E-state index contributed by atoms with van der Waals surface area (Å²) in [5, 5.41) is 4.08. The highest BCUT2D eigenvalue weighted by Gasteiger charge is 2.13. The van der Waals surface area contributed by atoms with Crippen LogP contribution in [0.5, 0.6) is 0 Å². The van der Waals surface area contributed by atoms with E-state index in [1.807, 2.05) is 24.3 Å². The Kier molecular flexibility index (Phi) is 3.14. The lowest BCUT2D eigenvalue weighted by Gasteiger charge is -2.03. The van der Waals surface area contributed by atoms with Crippen molar-refractivity contribution in [1.29, 1.82) is 0 Å². The van der Waals surface area contributed by atoms with Crippen LogP contribution in [0, 0.1) is 0 Å². The molecule has 1 aromatic heterocycles. The number of rotatable bonds is 2. The van der Waals surface area contributed by atoms with Crippen LogP contribution in [0.25, 0.3) is 5.69 Å². The van der Waals surface area contributed by atoms with Gasteiger partial charge in [0.25, 0.3) is 0 Å². The van der Waals surface area contributed by atoms with Gasteiger partial charge < -0.3 is 10.5 Å². The Labute approximate surface area is 106 Å². The van der Waals surface area contributed by atoms with Gasteiger partial charge in [-0.15, -0.1) is 0 Å². The first-order valence-electron chi connectivity index (χ1n) is 4.81. The maximum atomic E-state index is 11.3. The van der Waals surface area contributed by atoms with Gasteiger partial charge in [0.1, 0.15) is 5.82 Å². The van der Waals surface area contributed by atoms with Crippen molar-refractivity contribution in [3.8, 4) is 5.69 Å². The molecule has 0 bridgehead atoms. The van der Waals surface area contributed by atoms with Gasteiger partial charge in [0.05, 0.1) is 12.8 Å². The van der Waals surface area contributed by atoms with Crippen molar-refractivity contribution in [3.05, 3.63) is 40.5 Å². The molecule has 0 saturated heterocycles. The summed E-state index contributed by atoms with van der Waals surface area (Å²) < 4.78 is 7.03. The van der Waals surface area contributed by atoms with Crippen LogP contribution in [0.15, 0.2) is 34.8 Å². The van der Waals surface area contributed by atoms with E-state index in [0.717, 1.165) is 10.2 Å². The first kappa shape index (κ1) is 11.7. The number of nitrogens with two attached hydrogens (primary N) is 1. The molecular weight excluding hydrogens is 286 g/mol. The molecule has 0 radical (unpaired) electrons. The monoisotopic (exact) mass is 295 g/mol. The highest BCUT2D eigenvalue weighted by molar-refractivity contribution is 9.10. The maximum absolute atomic E-state index is 11.3. The number of esters is 1. The minimum Gasteiger partial charge on any atom is -0.464 e. The number of benzene rings is 1. The van der Waals surface area contributed by atoms with Gasteiger partial charge in [0.15, 0.2) is 5.69 Å². The highest BCUT2D eigenvalue weighted by Crippen LogP contribution is 2.17. The molecule has 88 valence electrons. The van der Waals surface area contributed by atoms with Gasteiger partial charge in [-0.3, -0.25) is 0 Å². The van der Waals surface area contributed by atoms with Gasteiger partial charge in [0, 0.05) is 10.5 Å². The number of halogens is 1. The summed E-state index contributed by atoms with van der Waals surface area (Å²) in [6.45, 7) is 0. The minimum absolute atomic E-state index is 0.188. The van der Waals surface area contributed by atoms with Crippen LogP contribution in [0.2, 0.25) is 0 Å². The number of carbonyl (C=O) groups excluding carboxylic acids is 1. The van der Waals surface area contributed by atoms with E-state index in [4.69, 9.17) is 5.73 Å². The van der Waals surface area contributed by atoms with Gasteiger partial charge in [0.2, 0.25) is 0 Å². The lowest BCUT2D eigenvalue weighted by Crippen LogP contribution is -2.05. The number of aromatic nitrogens is 2. The Balaban J connectivity index is 2.42. The molecule has 6 heteroatoms. The molecule has 0 amide bonds. The maximum Gasteiger partial charge on any atom is 0.358 e. The summed E-state index contributed by atoms with van der Waals surface area (Å²) in [5.74, 6) is -0.125. The fourth-order valence-corrected chi connectivity index (χ4v) is 1.65. The molecule has 0 saturated carbocycles. The van der Waals surface area contributed by atoms with Crippen LogP contribution in [-0.2, 0) is 4.74 Å². The Morgan fingerprint density at radius 3 is 2.65 bits per heavy atom. The van der Waals surface area contributed by atoms with Gasteiger partial charge in [-0.2, -0.15) is 5.10 Å².